The zero-order chi connectivity index (χ0) is 23.4. The third kappa shape index (κ3) is 6.57. The monoisotopic (exact) mass is 491 g/mol. The van der Waals surface area contributed by atoms with Gasteiger partial charge in [-0.15, -0.1) is 0 Å². The van der Waals surface area contributed by atoms with E-state index in [1.807, 2.05) is 0 Å². The van der Waals surface area contributed by atoms with Crippen molar-refractivity contribution in [2.45, 2.75) is 48.4 Å². The van der Waals surface area contributed by atoms with Gasteiger partial charge < -0.3 is 4.74 Å². The zero-order valence-corrected chi connectivity index (χ0v) is 19.6. The van der Waals surface area contributed by atoms with Crippen LogP contribution in [0.2, 0.25) is 5.02 Å². The average Bonchev–Trinajstić information content (AvgIpc) is 2.66. The Bertz CT molecular complexity index is 1020. The van der Waals surface area contributed by atoms with Crippen LogP contribution < -0.4 is 0 Å². The van der Waals surface area contributed by atoms with E-state index in [1.165, 1.54) is 6.07 Å². The Labute approximate surface area is 190 Å². The van der Waals surface area contributed by atoms with Gasteiger partial charge in [0.05, 0.1) is 27.5 Å². The quantitative estimate of drug-likeness (QED) is 0.339. The highest BCUT2D eigenvalue weighted by Gasteiger charge is 2.35. The summed E-state index contributed by atoms with van der Waals surface area (Å²) in [5.41, 5.74) is -1.09. The standard InChI is InChI=1S/C21H21ClF3NO3S2/c1-5-29-19(27)13-8-6-7-9-17(13)30-18-14(12-26-31(28)20(2,3)4)15(21(23,24)25)10-11-16(18)22/h6-12H,5H2,1-4H3. The second-order valence-corrected chi connectivity index (χ2v) is 10.6. The van der Waals surface area contributed by atoms with Crippen LogP contribution in [0.5, 0.6) is 0 Å². The molecule has 2 aromatic rings. The first-order valence-electron chi connectivity index (χ1n) is 9.16. The number of esters is 1. The molecule has 0 saturated heterocycles. The van der Waals surface area contributed by atoms with Crippen molar-refractivity contribution in [3.8, 4) is 0 Å². The molecule has 0 aromatic heterocycles. The summed E-state index contributed by atoms with van der Waals surface area (Å²) in [6, 6.07) is 8.36. The summed E-state index contributed by atoms with van der Waals surface area (Å²) in [6.45, 7) is 6.79. The Morgan fingerprint density at radius 1 is 1.19 bits per heavy atom. The average molecular weight is 492 g/mol. The van der Waals surface area contributed by atoms with E-state index >= 15 is 0 Å². The highest BCUT2D eigenvalue weighted by molar-refractivity contribution is 7.99. The molecule has 0 aliphatic heterocycles. The van der Waals surface area contributed by atoms with Gasteiger partial charge in [-0.3, -0.25) is 0 Å². The van der Waals surface area contributed by atoms with Crippen molar-refractivity contribution >= 4 is 46.5 Å². The topological polar surface area (TPSA) is 55.7 Å². The third-order valence-electron chi connectivity index (χ3n) is 3.85. The lowest BCUT2D eigenvalue weighted by Gasteiger charge is -2.17. The molecule has 1 unspecified atom stereocenters. The Morgan fingerprint density at radius 3 is 2.42 bits per heavy atom. The van der Waals surface area contributed by atoms with Crippen molar-refractivity contribution in [1.82, 2.24) is 0 Å². The lowest BCUT2D eigenvalue weighted by molar-refractivity contribution is -0.137. The number of nitrogens with zero attached hydrogens (tertiary/aromatic N) is 1. The molecular weight excluding hydrogens is 471 g/mol. The van der Waals surface area contributed by atoms with Gasteiger partial charge in [0.15, 0.2) is 0 Å². The Balaban J connectivity index is 2.65. The second kappa shape index (κ2) is 10.2. The molecule has 0 aliphatic carbocycles. The molecule has 0 fully saturated rings. The predicted molar refractivity (Wildman–Crippen MR) is 118 cm³/mol. The van der Waals surface area contributed by atoms with Gasteiger partial charge in [0.1, 0.15) is 11.0 Å². The van der Waals surface area contributed by atoms with Gasteiger partial charge >= 0.3 is 12.1 Å². The van der Waals surface area contributed by atoms with Gasteiger partial charge in [0.25, 0.3) is 0 Å². The number of rotatable bonds is 6. The van der Waals surface area contributed by atoms with Crippen LogP contribution in [-0.2, 0) is 21.9 Å². The van der Waals surface area contributed by atoms with Crippen LogP contribution in [0.15, 0.2) is 50.6 Å². The Kier molecular flexibility index (Phi) is 8.35. The maximum Gasteiger partial charge on any atom is 0.417 e. The lowest BCUT2D eigenvalue weighted by Crippen LogP contribution is -2.20. The summed E-state index contributed by atoms with van der Waals surface area (Å²) in [7, 11) is -1.77. The number of halogens is 4. The molecule has 0 amide bonds. The number of alkyl halides is 3. The summed E-state index contributed by atoms with van der Waals surface area (Å²) in [5.74, 6) is -0.599. The lowest BCUT2D eigenvalue weighted by atomic mass is 10.1. The maximum absolute atomic E-state index is 13.7. The fourth-order valence-electron chi connectivity index (χ4n) is 2.35. The van der Waals surface area contributed by atoms with Gasteiger partial charge in [0.2, 0.25) is 0 Å². The van der Waals surface area contributed by atoms with Crippen molar-refractivity contribution < 1.29 is 26.9 Å². The van der Waals surface area contributed by atoms with E-state index in [4.69, 9.17) is 16.3 Å². The van der Waals surface area contributed by atoms with Crippen LogP contribution in [0.4, 0.5) is 13.2 Å². The molecule has 0 N–H and O–H groups in total. The van der Waals surface area contributed by atoms with Gasteiger partial charge in [0, 0.05) is 21.6 Å². The van der Waals surface area contributed by atoms with Crippen molar-refractivity contribution in [2.75, 3.05) is 6.61 Å². The number of carbonyl (C=O) groups excluding carboxylic acids is 1. The first-order chi connectivity index (χ1) is 14.4. The fraction of sp³-hybridized carbons (Fsp3) is 0.333. The number of carbonyl (C=O) groups is 1. The molecule has 4 nitrogen and oxygen atoms in total. The molecule has 0 aliphatic rings. The molecule has 0 spiro atoms. The minimum atomic E-state index is -4.69. The molecule has 0 bridgehead atoms. The van der Waals surface area contributed by atoms with Crippen LogP contribution in [0, 0.1) is 0 Å². The second-order valence-electron chi connectivity index (χ2n) is 7.25. The van der Waals surface area contributed by atoms with Gasteiger partial charge in [-0.25, -0.2) is 9.00 Å². The molecule has 10 heteroatoms. The predicted octanol–water partition coefficient (Wildman–Crippen LogP) is 6.57. The molecule has 0 radical (unpaired) electrons. The summed E-state index contributed by atoms with van der Waals surface area (Å²) < 4.78 is 61.5. The molecule has 2 aromatic carbocycles. The van der Waals surface area contributed by atoms with Gasteiger partial charge in [-0.1, -0.05) is 35.5 Å². The smallest absolute Gasteiger partial charge is 0.417 e. The molecule has 168 valence electrons. The molecule has 31 heavy (non-hydrogen) atoms. The maximum atomic E-state index is 13.7. The van der Waals surface area contributed by atoms with E-state index in [-0.39, 0.29) is 27.7 Å². The van der Waals surface area contributed by atoms with Gasteiger partial charge in [-0.2, -0.15) is 17.6 Å². The number of benzene rings is 2. The summed E-state index contributed by atoms with van der Waals surface area (Å²) in [6.07, 6.45) is -3.75. The van der Waals surface area contributed by atoms with Crippen LogP contribution in [0.1, 0.15) is 49.2 Å². The van der Waals surface area contributed by atoms with E-state index in [0.717, 1.165) is 30.1 Å². The van der Waals surface area contributed by atoms with E-state index < -0.39 is 33.4 Å². The summed E-state index contributed by atoms with van der Waals surface area (Å²) >= 11 is 7.15. The van der Waals surface area contributed by atoms with Crippen molar-refractivity contribution in [1.29, 1.82) is 0 Å². The van der Waals surface area contributed by atoms with E-state index in [2.05, 4.69) is 4.40 Å². The van der Waals surface area contributed by atoms with Crippen LogP contribution in [0.3, 0.4) is 0 Å². The normalized spacial score (nSPS) is 13.4. The van der Waals surface area contributed by atoms with Crippen molar-refractivity contribution in [3.05, 3.63) is 58.1 Å². The van der Waals surface area contributed by atoms with Crippen molar-refractivity contribution in [2.24, 2.45) is 4.40 Å². The molecule has 1 atom stereocenters. The molecule has 0 saturated carbocycles. The van der Waals surface area contributed by atoms with E-state index in [0.29, 0.717) is 4.90 Å². The van der Waals surface area contributed by atoms with Crippen molar-refractivity contribution in [3.63, 3.8) is 0 Å². The first-order valence-corrected chi connectivity index (χ1v) is 11.5. The molecular formula is C21H21ClF3NO3S2. The minimum absolute atomic E-state index is 0.0413. The highest BCUT2D eigenvalue weighted by Crippen LogP contribution is 2.42. The Morgan fingerprint density at radius 2 is 1.84 bits per heavy atom. The van der Waals surface area contributed by atoms with Crippen LogP contribution in [-0.4, -0.2) is 27.7 Å². The first kappa shape index (κ1) is 25.4. The minimum Gasteiger partial charge on any atom is -0.462 e. The summed E-state index contributed by atoms with van der Waals surface area (Å²) in [4.78, 5) is 12.7. The number of hydrogen-bond donors (Lipinski definition) is 0. The van der Waals surface area contributed by atoms with E-state index in [9.17, 15) is 22.2 Å². The SMILES string of the molecule is CCOC(=O)c1ccccc1Sc1c(Cl)ccc(C(F)(F)F)c1C=NS(=O)C(C)(C)C. The van der Waals surface area contributed by atoms with Crippen LogP contribution >= 0.6 is 23.4 Å². The van der Waals surface area contributed by atoms with Gasteiger partial charge in [-0.05, 0) is 52.0 Å². The highest BCUT2D eigenvalue weighted by atomic mass is 35.5. The van der Waals surface area contributed by atoms with Crippen LogP contribution in [0.25, 0.3) is 0 Å². The fourth-order valence-corrected chi connectivity index (χ4v) is 4.22. The molecule has 2 rings (SSSR count). The third-order valence-corrected chi connectivity index (χ3v) is 6.84. The largest absolute Gasteiger partial charge is 0.462 e. The Hall–Kier alpha value is -1.84. The number of hydrogen-bond acceptors (Lipinski definition) is 4. The van der Waals surface area contributed by atoms with E-state index in [1.54, 1.807) is 45.9 Å². The molecule has 0 heterocycles. The zero-order valence-electron chi connectivity index (χ0n) is 17.2. The number of ether oxygens (including phenoxy) is 1. The summed E-state index contributed by atoms with van der Waals surface area (Å²) in [5, 5.41) is 0.0413.